The number of carboxylic acid groups (broad SMARTS) is 1. The van der Waals surface area contributed by atoms with Crippen LogP contribution in [-0.4, -0.2) is 40.9 Å². The first-order valence-corrected chi connectivity index (χ1v) is 6.41. The molecule has 1 aromatic carbocycles. The van der Waals surface area contributed by atoms with Crippen LogP contribution in [0.2, 0.25) is 0 Å². The van der Waals surface area contributed by atoms with Crippen LogP contribution in [0.3, 0.4) is 0 Å². The van der Waals surface area contributed by atoms with Crippen LogP contribution in [0.15, 0.2) is 24.3 Å². The molecule has 20 heavy (non-hydrogen) atoms. The quantitative estimate of drug-likeness (QED) is 0.849. The third kappa shape index (κ3) is 2.96. The van der Waals surface area contributed by atoms with Gasteiger partial charge in [-0.2, -0.15) is 0 Å². The Kier molecular flexibility index (Phi) is 4.02. The minimum absolute atomic E-state index is 0.147. The Bertz CT molecular complexity index is 531. The fourth-order valence-corrected chi connectivity index (χ4v) is 2.31. The number of rotatable bonds is 3. The van der Waals surface area contributed by atoms with Crippen molar-refractivity contribution >= 4 is 17.8 Å². The van der Waals surface area contributed by atoms with Gasteiger partial charge >= 0.3 is 5.97 Å². The van der Waals surface area contributed by atoms with E-state index in [1.54, 1.807) is 4.90 Å². The lowest BCUT2D eigenvalue weighted by Crippen LogP contribution is -2.41. The van der Waals surface area contributed by atoms with E-state index in [1.165, 1.54) is 24.3 Å². The van der Waals surface area contributed by atoms with Crippen molar-refractivity contribution in [2.24, 2.45) is 11.7 Å². The lowest BCUT2D eigenvalue weighted by atomic mass is 9.96. The van der Waals surface area contributed by atoms with E-state index in [1.807, 2.05) is 0 Å². The highest BCUT2D eigenvalue weighted by molar-refractivity contribution is 5.96. The summed E-state index contributed by atoms with van der Waals surface area (Å²) in [5.74, 6) is -1.65. The first-order chi connectivity index (χ1) is 9.49. The van der Waals surface area contributed by atoms with Crippen LogP contribution < -0.4 is 5.73 Å². The van der Waals surface area contributed by atoms with E-state index in [2.05, 4.69) is 0 Å². The van der Waals surface area contributed by atoms with Gasteiger partial charge in [-0.3, -0.25) is 9.59 Å². The molecule has 0 saturated carbocycles. The van der Waals surface area contributed by atoms with E-state index in [0.29, 0.717) is 31.5 Å². The number of primary amides is 1. The van der Waals surface area contributed by atoms with Gasteiger partial charge in [-0.15, -0.1) is 0 Å². The van der Waals surface area contributed by atoms with Gasteiger partial charge in [0.2, 0.25) is 5.91 Å². The van der Waals surface area contributed by atoms with Crippen LogP contribution in [0.4, 0.5) is 0 Å². The molecule has 1 aromatic rings. The summed E-state index contributed by atoms with van der Waals surface area (Å²) in [6.07, 6.45) is 1.16. The Morgan fingerprint density at radius 2 is 1.55 bits per heavy atom. The Labute approximate surface area is 116 Å². The van der Waals surface area contributed by atoms with Gasteiger partial charge in [0, 0.05) is 24.6 Å². The predicted molar refractivity (Wildman–Crippen MR) is 71.2 cm³/mol. The third-order valence-corrected chi connectivity index (χ3v) is 3.56. The van der Waals surface area contributed by atoms with Crippen LogP contribution in [-0.2, 0) is 4.79 Å². The second-order valence-electron chi connectivity index (χ2n) is 4.85. The first kappa shape index (κ1) is 14.0. The molecule has 1 heterocycles. The molecule has 106 valence electrons. The van der Waals surface area contributed by atoms with Crippen molar-refractivity contribution in [1.82, 2.24) is 4.90 Å². The number of benzene rings is 1. The first-order valence-electron chi connectivity index (χ1n) is 6.41. The minimum atomic E-state index is -1.02. The number of amides is 2. The molecule has 3 N–H and O–H groups in total. The number of hydrogen-bond donors (Lipinski definition) is 2. The summed E-state index contributed by atoms with van der Waals surface area (Å²) >= 11 is 0. The number of aromatic carboxylic acids is 1. The van der Waals surface area contributed by atoms with Gasteiger partial charge in [0.05, 0.1) is 5.56 Å². The maximum atomic E-state index is 12.2. The van der Waals surface area contributed by atoms with Crippen molar-refractivity contribution < 1.29 is 19.5 Å². The molecule has 1 aliphatic rings. The Morgan fingerprint density at radius 3 is 2.00 bits per heavy atom. The summed E-state index contributed by atoms with van der Waals surface area (Å²) in [6, 6.07) is 5.83. The van der Waals surface area contributed by atoms with Crippen molar-refractivity contribution in [2.45, 2.75) is 12.8 Å². The van der Waals surface area contributed by atoms with Gasteiger partial charge in [-0.05, 0) is 37.1 Å². The number of hydrogen-bond acceptors (Lipinski definition) is 3. The molecule has 1 fully saturated rings. The van der Waals surface area contributed by atoms with Crippen molar-refractivity contribution in [3.05, 3.63) is 35.4 Å². The zero-order valence-corrected chi connectivity index (χ0v) is 10.9. The van der Waals surface area contributed by atoms with Crippen LogP contribution in [0.25, 0.3) is 0 Å². The lowest BCUT2D eigenvalue weighted by molar-refractivity contribution is -0.123. The van der Waals surface area contributed by atoms with Gasteiger partial charge in [0.25, 0.3) is 5.91 Å². The van der Waals surface area contributed by atoms with E-state index >= 15 is 0 Å². The van der Waals surface area contributed by atoms with Crippen molar-refractivity contribution in [1.29, 1.82) is 0 Å². The molecule has 0 radical (unpaired) electrons. The third-order valence-electron chi connectivity index (χ3n) is 3.56. The van der Waals surface area contributed by atoms with Crippen molar-refractivity contribution in [2.75, 3.05) is 13.1 Å². The second kappa shape index (κ2) is 5.73. The number of piperidine rings is 1. The van der Waals surface area contributed by atoms with E-state index < -0.39 is 5.97 Å². The van der Waals surface area contributed by atoms with Crippen LogP contribution >= 0.6 is 0 Å². The maximum absolute atomic E-state index is 12.2. The predicted octanol–water partition coefficient (Wildman–Crippen LogP) is 0.722. The summed E-state index contributed by atoms with van der Waals surface area (Å²) in [5.41, 5.74) is 5.85. The Morgan fingerprint density at radius 1 is 1.05 bits per heavy atom. The normalized spacial score (nSPS) is 15.9. The standard InChI is InChI=1S/C14H16N2O4/c15-12(17)9-5-7-16(8-6-9)13(18)10-1-3-11(4-2-10)14(19)20/h1-4,9H,5-8H2,(H2,15,17)(H,19,20). The Hall–Kier alpha value is -2.37. The molecule has 0 spiro atoms. The van der Waals surface area contributed by atoms with E-state index in [0.717, 1.165) is 0 Å². The Balaban J connectivity index is 2.01. The summed E-state index contributed by atoms with van der Waals surface area (Å²) < 4.78 is 0. The van der Waals surface area contributed by atoms with Crippen molar-refractivity contribution in [3.8, 4) is 0 Å². The largest absolute Gasteiger partial charge is 0.478 e. The molecule has 2 rings (SSSR count). The van der Waals surface area contributed by atoms with E-state index in [9.17, 15) is 14.4 Å². The number of nitrogens with two attached hydrogens (primary N) is 1. The van der Waals surface area contributed by atoms with Crippen molar-refractivity contribution in [3.63, 3.8) is 0 Å². The molecular formula is C14H16N2O4. The molecule has 1 saturated heterocycles. The fourth-order valence-electron chi connectivity index (χ4n) is 2.31. The van der Waals surface area contributed by atoms with Gasteiger partial charge in [0.1, 0.15) is 0 Å². The highest BCUT2D eigenvalue weighted by Crippen LogP contribution is 2.19. The van der Waals surface area contributed by atoms with Crippen LogP contribution in [0, 0.1) is 5.92 Å². The average molecular weight is 276 g/mol. The van der Waals surface area contributed by atoms with Gasteiger partial charge < -0.3 is 15.7 Å². The summed E-state index contributed by atoms with van der Waals surface area (Å²) in [4.78, 5) is 35.7. The fraction of sp³-hybridized carbons (Fsp3) is 0.357. The molecule has 0 aliphatic carbocycles. The zero-order valence-electron chi connectivity index (χ0n) is 10.9. The van der Waals surface area contributed by atoms with Gasteiger partial charge in [-0.25, -0.2) is 4.79 Å². The average Bonchev–Trinajstić information content (AvgIpc) is 2.46. The lowest BCUT2D eigenvalue weighted by Gasteiger charge is -2.30. The minimum Gasteiger partial charge on any atom is -0.478 e. The molecule has 2 amide bonds. The molecule has 0 unspecified atom stereocenters. The molecule has 1 aliphatic heterocycles. The number of carbonyl (C=O) groups excluding carboxylic acids is 2. The molecule has 6 heteroatoms. The topological polar surface area (TPSA) is 101 Å². The number of likely N-dealkylation sites (tertiary alicyclic amines) is 1. The number of nitrogens with zero attached hydrogens (tertiary/aromatic N) is 1. The smallest absolute Gasteiger partial charge is 0.335 e. The number of carbonyl (C=O) groups is 3. The van der Waals surface area contributed by atoms with E-state index in [-0.39, 0.29) is 23.3 Å². The summed E-state index contributed by atoms with van der Waals surface area (Å²) in [6.45, 7) is 0.986. The monoisotopic (exact) mass is 276 g/mol. The second-order valence-corrected chi connectivity index (χ2v) is 4.85. The van der Waals surface area contributed by atoms with Crippen LogP contribution in [0.5, 0.6) is 0 Å². The van der Waals surface area contributed by atoms with Gasteiger partial charge in [-0.1, -0.05) is 0 Å². The highest BCUT2D eigenvalue weighted by Gasteiger charge is 2.26. The van der Waals surface area contributed by atoms with Crippen LogP contribution in [0.1, 0.15) is 33.6 Å². The summed E-state index contributed by atoms with van der Waals surface area (Å²) in [7, 11) is 0. The molecule has 0 bridgehead atoms. The zero-order chi connectivity index (χ0) is 14.7. The summed E-state index contributed by atoms with van der Waals surface area (Å²) in [5, 5.41) is 8.81. The van der Waals surface area contributed by atoms with Gasteiger partial charge in [0.15, 0.2) is 0 Å². The van der Waals surface area contributed by atoms with E-state index in [4.69, 9.17) is 10.8 Å². The molecule has 0 aromatic heterocycles. The molecule has 6 nitrogen and oxygen atoms in total. The number of carboxylic acids is 1. The highest BCUT2D eigenvalue weighted by atomic mass is 16.4. The SMILES string of the molecule is NC(=O)C1CCN(C(=O)c2ccc(C(=O)O)cc2)CC1. The molecule has 0 atom stereocenters. The maximum Gasteiger partial charge on any atom is 0.335 e. The molecular weight excluding hydrogens is 260 g/mol.